The molecule has 0 bridgehead atoms. The lowest BCUT2D eigenvalue weighted by Gasteiger charge is -2.07. The van der Waals surface area contributed by atoms with Crippen LogP contribution in [0.3, 0.4) is 0 Å². The van der Waals surface area contributed by atoms with Crippen molar-refractivity contribution in [1.82, 2.24) is 5.43 Å². The maximum absolute atomic E-state index is 11.9. The van der Waals surface area contributed by atoms with Crippen molar-refractivity contribution in [3.63, 3.8) is 0 Å². The average Bonchev–Trinajstić information content (AvgIpc) is 2.48. The van der Waals surface area contributed by atoms with Crippen LogP contribution in [0.5, 0.6) is 0 Å². The molecular formula is C18H20N2O. The molecule has 0 unspecified atom stereocenters. The van der Waals surface area contributed by atoms with Crippen LogP contribution in [0.4, 0.5) is 0 Å². The molecule has 0 spiro atoms. The second-order valence-corrected chi connectivity index (χ2v) is 5.21. The number of aryl methyl sites for hydroxylation is 2. The number of amides is 1. The van der Waals surface area contributed by atoms with Gasteiger partial charge in [0.05, 0.1) is 12.1 Å². The molecule has 3 heteroatoms. The van der Waals surface area contributed by atoms with Crippen LogP contribution in [0.2, 0.25) is 0 Å². The summed E-state index contributed by atoms with van der Waals surface area (Å²) in [5.41, 5.74) is 7.82. The lowest BCUT2D eigenvalue weighted by molar-refractivity contribution is -0.120. The molecule has 0 heterocycles. The van der Waals surface area contributed by atoms with Gasteiger partial charge in [0.1, 0.15) is 0 Å². The predicted molar refractivity (Wildman–Crippen MR) is 86.4 cm³/mol. The highest BCUT2D eigenvalue weighted by molar-refractivity contribution is 6.00. The summed E-state index contributed by atoms with van der Waals surface area (Å²) in [4.78, 5) is 11.9. The fraction of sp³-hybridized carbons (Fsp3) is 0.222. The van der Waals surface area contributed by atoms with Gasteiger partial charge in [-0.1, -0.05) is 48.0 Å². The zero-order valence-corrected chi connectivity index (χ0v) is 12.7. The molecule has 21 heavy (non-hydrogen) atoms. The van der Waals surface area contributed by atoms with E-state index in [1.807, 2.05) is 51.1 Å². The van der Waals surface area contributed by atoms with Crippen LogP contribution in [-0.4, -0.2) is 11.6 Å². The number of carbonyl (C=O) groups is 1. The van der Waals surface area contributed by atoms with Gasteiger partial charge in [0, 0.05) is 5.56 Å². The van der Waals surface area contributed by atoms with Crippen molar-refractivity contribution in [3.05, 3.63) is 70.8 Å². The summed E-state index contributed by atoms with van der Waals surface area (Å²) in [5, 5.41) is 4.21. The van der Waals surface area contributed by atoms with Crippen LogP contribution in [-0.2, 0) is 11.2 Å². The van der Waals surface area contributed by atoms with Crippen LogP contribution in [0.15, 0.2) is 53.6 Å². The minimum Gasteiger partial charge on any atom is -0.273 e. The van der Waals surface area contributed by atoms with E-state index in [1.54, 1.807) is 0 Å². The zero-order chi connectivity index (χ0) is 15.2. The normalized spacial score (nSPS) is 11.3. The molecule has 0 saturated carbocycles. The molecule has 1 N–H and O–H groups in total. The van der Waals surface area contributed by atoms with E-state index in [2.05, 4.69) is 28.7 Å². The van der Waals surface area contributed by atoms with E-state index < -0.39 is 0 Å². The third kappa shape index (κ3) is 4.28. The fourth-order valence-corrected chi connectivity index (χ4v) is 2.15. The molecule has 0 aliphatic heterocycles. The lowest BCUT2D eigenvalue weighted by Crippen LogP contribution is -2.21. The fourth-order valence-electron chi connectivity index (χ4n) is 2.15. The molecule has 108 valence electrons. The summed E-state index contributed by atoms with van der Waals surface area (Å²) in [6.45, 7) is 5.99. The van der Waals surface area contributed by atoms with Gasteiger partial charge in [-0.3, -0.25) is 4.79 Å². The Hall–Kier alpha value is -2.42. The Labute approximate surface area is 125 Å². The number of rotatable bonds is 4. The first-order valence-corrected chi connectivity index (χ1v) is 7.01. The summed E-state index contributed by atoms with van der Waals surface area (Å²) in [6.07, 6.45) is 0.338. The van der Waals surface area contributed by atoms with Crippen molar-refractivity contribution in [3.8, 4) is 0 Å². The smallest absolute Gasteiger partial charge is 0.244 e. The standard InChI is InChI=1S/C18H20N2O/c1-13-9-10-14(2)17(11-13)15(3)19-20-18(21)12-16-7-5-4-6-8-16/h4-11H,12H2,1-3H3,(H,20,21)/b19-15-. The third-order valence-electron chi connectivity index (χ3n) is 3.34. The Kier molecular flexibility index (Phi) is 4.88. The highest BCUT2D eigenvalue weighted by atomic mass is 16.2. The SMILES string of the molecule is C/C(=N/NC(=O)Cc1ccccc1)c1cc(C)ccc1C. The minimum absolute atomic E-state index is 0.106. The maximum atomic E-state index is 11.9. The van der Waals surface area contributed by atoms with Gasteiger partial charge in [0.15, 0.2) is 0 Å². The molecule has 0 fully saturated rings. The Bertz CT molecular complexity index is 660. The van der Waals surface area contributed by atoms with Gasteiger partial charge in [-0.15, -0.1) is 0 Å². The van der Waals surface area contributed by atoms with Gasteiger partial charge in [-0.05, 0) is 38.0 Å². The summed E-state index contributed by atoms with van der Waals surface area (Å²) in [7, 11) is 0. The Morgan fingerprint density at radius 3 is 2.52 bits per heavy atom. The van der Waals surface area contributed by atoms with Gasteiger partial charge < -0.3 is 0 Å². The largest absolute Gasteiger partial charge is 0.273 e. The number of carbonyl (C=O) groups excluding carboxylic acids is 1. The van der Waals surface area contributed by atoms with Crippen molar-refractivity contribution in [1.29, 1.82) is 0 Å². The Morgan fingerprint density at radius 1 is 1.10 bits per heavy atom. The first kappa shape index (κ1) is 15.0. The monoisotopic (exact) mass is 280 g/mol. The topological polar surface area (TPSA) is 41.5 Å². The lowest BCUT2D eigenvalue weighted by atomic mass is 10.0. The second kappa shape index (κ2) is 6.84. The van der Waals surface area contributed by atoms with Crippen LogP contribution in [0.1, 0.15) is 29.2 Å². The summed E-state index contributed by atoms with van der Waals surface area (Å²) in [6, 6.07) is 15.9. The number of benzene rings is 2. The van der Waals surface area contributed by atoms with Crippen molar-refractivity contribution in [2.24, 2.45) is 5.10 Å². The van der Waals surface area contributed by atoms with E-state index in [0.29, 0.717) is 6.42 Å². The zero-order valence-electron chi connectivity index (χ0n) is 12.7. The molecule has 3 nitrogen and oxygen atoms in total. The molecule has 0 saturated heterocycles. The molecule has 0 aliphatic carbocycles. The van der Waals surface area contributed by atoms with Crippen LogP contribution in [0, 0.1) is 13.8 Å². The molecule has 2 rings (SSSR count). The summed E-state index contributed by atoms with van der Waals surface area (Å²) < 4.78 is 0. The van der Waals surface area contributed by atoms with Gasteiger partial charge in [0.25, 0.3) is 0 Å². The van der Waals surface area contributed by atoms with E-state index >= 15 is 0 Å². The number of hydrogen-bond donors (Lipinski definition) is 1. The number of nitrogens with one attached hydrogen (secondary N) is 1. The highest BCUT2D eigenvalue weighted by Crippen LogP contribution is 2.11. The first-order chi connectivity index (χ1) is 10.1. The Morgan fingerprint density at radius 2 is 1.81 bits per heavy atom. The van der Waals surface area contributed by atoms with Crippen LogP contribution in [0.25, 0.3) is 0 Å². The van der Waals surface area contributed by atoms with Gasteiger partial charge >= 0.3 is 0 Å². The maximum Gasteiger partial charge on any atom is 0.244 e. The molecule has 0 atom stereocenters. The van der Waals surface area contributed by atoms with Crippen LogP contribution >= 0.6 is 0 Å². The predicted octanol–water partition coefficient (Wildman–Crippen LogP) is 3.39. The molecule has 0 aromatic heterocycles. The number of hydrogen-bond acceptors (Lipinski definition) is 2. The third-order valence-corrected chi connectivity index (χ3v) is 3.34. The molecule has 2 aromatic rings. The second-order valence-electron chi connectivity index (χ2n) is 5.21. The van der Waals surface area contributed by atoms with E-state index in [4.69, 9.17) is 0 Å². The van der Waals surface area contributed by atoms with Crippen LogP contribution < -0.4 is 5.43 Å². The van der Waals surface area contributed by atoms with Crippen molar-refractivity contribution < 1.29 is 4.79 Å². The molecule has 0 radical (unpaired) electrons. The molecule has 2 aromatic carbocycles. The summed E-state index contributed by atoms with van der Waals surface area (Å²) in [5.74, 6) is -0.106. The van der Waals surface area contributed by atoms with E-state index in [9.17, 15) is 4.79 Å². The number of hydrazone groups is 1. The van der Waals surface area contributed by atoms with Crippen molar-refractivity contribution in [2.75, 3.05) is 0 Å². The quantitative estimate of drug-likeness (QED) is 0.677. The number of nitrogens with zero attached hydrogens (tertiary/aromatic N) is 1. The van der Waals surface area contributed by atoms with Gasteiger partial charge in [-0.25, -0.2) is 5.43 Å². The van der Waals surface area contributed by atoms with Crippen molar-refractivity contribution >= 4 is 11.6 Å². The van der Waals surface area contributed by atoms with Crippen molar-refractivity contribution in [2.45, 2.75) is 27.2 Å². The molecular weight excluding hydrogens is 260 g/mol. The van der Waals surface area contributed by atoms with E-state index in [-0.39, 0.29) is 5.91 Å². The van der Waals surface area contributed by atoms with Gasteiger partial charge in [-0.2, -0.15) is 5.10 Å². The first-order valence-electron chi connectivity index (χ1n) is 7.01. The van der Waals surface area contributed by atoms with E-state index in [1.165, 1.54) is 5.56 Å². The average molecular weight is 280 g/mol. The highest BCUT2D eigenvalue weighted by Gasteiger charge is 2.05. The Balaban J connectivity index is 2.03. The minimum atomic E-state index is -0.106. The molecule has 0 aliphatic rings. The van der Waals surface area contributed by atoms with E-state index in [0.717, 1.165) is 22.4 Å². The molecule has 1 amide bonds. The van der Waals surface area contributed by atoms with Gasteiger partial charge in [0.2, 0.25) is 5.91 Å². The summed E-state index contributed by atoms with van der Waals surface area (Å²) >= 11 is 0.